The quantitative estimate of drug-likeness (QED) is 0.754. The molecule has 1 atom stereocenters. The van der Waals surface area contributed by atoms with Crippen molar-refractivity contribution in [1.82, 2.24) is 5.32 Å². The first-order valence-corrected chi connectivity index (χ1v) is 6.26. The lowest BCUT2D eigenvalue weighted by Crippen LogP contribution is -2.41. The number of hydrogen-bond donors (Lipinski definition) is 2. The minimum atomic E-state index is -0.702. The number of hydrogen-bond acceptors (Lipinski definition) is 4. The van der Waals surface area contributed by atoms with Gasteiger partial charge in [0.2, 0.25) is 0 Å². The Bertz CT molecular complexity index is 385. The van der Waals surface area contributed by atoms with Crippen LogP contribution in [0.2, 0.25) is 0 Å². The Morgan fingerprint density at radius 1 is 1.37 bits per heavy atom. The van der Waals surface area contributed by atoms with E-state index in [4.69, 9.17) is 9.47 Å². The Labute approximate surface area is 113 Å². The second kappa shape index (κ2) is 7.43. The van der Waals surface area contributed by atoms with Crippen LogP contribution >= 0.6 is 0 Å². The highest BCUT2D eigenvalue weighted by atomic mass is 19.1. The van der Waals surface area contributed by atoms with Crippen molar-refractivity contribution in [3.05, 3.63) is 30.1 Å². The van der Waals surface area contributed by atoms with Crippen LogP contribution in [-0.2, 0) is 4.74 Å². The fraction of sp³-hybridized carbons (Fsp3) is 0.571. The van der Waals surface area contributed by atoms with Crippen molar-refractivity contribution in [2.75, 3.05) is 26.8 Å². The van der Waals surface area contributed by atoms with E-state index in [1.807, 2.05) is 13.8 Å². The zero-order valence-electron chi connectivity index (χ0n) is 11.6. The fourth-order valence-corrected chi connectivity index (χ4v) is 1.42. The summed E-state index contributed by atoms with van der Waals surface area (Å²) in [7, 11) is 1.64. The summed E-state index contributed by atoms with van der Waals surface area (Å²) < 4.78 is 23.7. The summed E-state index contributed by atoms with van der Waals surface area (Å²) in [5, 5.41) is 12.8. The first kappa shape index (κ1) is 15.9. The Morgan fingerprint density at radius 2 is 2.05 bits per heavy atom. The summed E-state index contributed by atoms with van der Waals surface area (Å²) in [5.41, 5.74) is -0.286. The molecule has 1 unspecified atom stereocenters. The summed E-state index contributed by atoms with van der Waals surface area (Å²) in [5.74, 6) is -0.276. The van der Waals surface area contributed by atoms with Gasteiger partial charge >= 0.3 is 0 Å². The first-order chi connectivity index (χ1) is 8.94. The van der Waals surface area contributed by atoms with Gasteiger partial charge in [0.25, 0.3) is 0 Å². The van der Waals surface area contributed by atoms with E-state index < -0.39 is 11.9 Å². The smallest absolute Gasteiger partial charge is 0.165 e. The number of para-hydroxylation sites is 1. The summed E-state index contributed by atoms with van der Waals surface area (Å²) >= 11 is 0. The molecule has 0 fully saturated rings. The van der Waals surface area contributed by atoms with Crippen molar-refractivity contribution >= 4 is 0 Å². The molecule has 1 rings (SSSR count). The lowest BCUT2D eigenvalue weighted by atomic mass is 10.1. The maximum absolute atomic E-state index is 13.3. The molecule has 0 heterocycles. The van der Waals surface area contributed by atoms with Crippen LogP contribution in [0.5, 0.6) is 5.75 Å². The van der Waals surface area contributed by atoms with E-state index in [-0.39, 0.29) is 18.0 Å². The standard InChI is InChI=1S/C14H22FNO3/c1-14(2,18-3)10-16-8-11(17)9-19-13-7-5-4-6-12(13)15/h4-7,11,16-17H,8-10H2,1-3H3. The largest absolute Gasteiger partial charge is 0.488 e. The van der Waals surface area contributed by atoms with E-state index in [1.54, 1.807) is 19.2 Å². The van der Waals surface area contributed by atoms with Crippen LogP contribution in [0.4, 0.5) is 4.39 Å². The number of aliphatic hydroxyl groups excluding tert-OH is 1. The van der Waals surface area contributed by atoms with E-state index in [1.165, 1.54) is 12.1 Å². The molecule has 19 heavy (non-hydrogen) atoms. The molecule has 0 aliphatic carbocycles. The van der Waals surface area contributed by atoms with E-state index in [2.05, 4.69) is 5.32 Å². The molecule has 0 aliphatic heterocycles. The Hall–Kier alpha value is -1.17. The second-order valence-electron chi connectivity index (χ2n) is 4.99. The molecule has 0 spiro atoms. The Morgan fingerprint density at radius 3 is 2.68 bits per heavy atom. The summed E-state index contributed by atoms with van der Waals surface area (Å²) in [6.07, 6.45) is -0.702. The summed E-state index contributed by atoms with van der Waals surface area (Å²) in [6, 6.07) is 6.13. The highest BCUT2D eigenvalue weighted by Crippen LogP contribution is 2.15. The molecule has 0 saturated carbocycles. The molecule has 4 nitrogen and oxygen atoms in total. The number of halogens is 1. The second-order valence-corrected chi connectivity index (χ2v) is 4.99. The molecule has 0 aromatic heterocycles. The third-order valence-electron chi connectivity index (χ3n) is 2.75. The van der Waals surface area contributed by atoms with E-state index in [9.17, 15) is 9.50 Å². The van der Waals surface area contributed by atoms with E-state index >= 15 is 0 Å². The van der Waals surface area contributed by atoms with Crippen LogP contribution in [0.15, 0.2) is 24.3 Å². The average molecular weight is 271 g/mol. The maximum Gasteiger partial charge on any atom is 0.165 e. The van der Waals surface area contributed by atoms with Crippen molar-refractivity contribution in [1.29, 1.82) is 0 Å². The van der Waals surface area contributed by atoms with Crippen molar-refractivity contribution in [2.45, 2.75) is 25.6 Å². The minimum absolute atomic E-state index is 0.0430. The highest BCUT2D eigenvalue weighted by molar-refractivity contribution is 5.23. The number of ether oxygens (including phenoxy) is 2. The van der Waals surface area contributed by atoms with Gasteiger partial charge < -0.3 is 19.9 Å². The molecule has 0 aliphatic rings. The molecule has 0 bridgehead atoms. The maximum atomic E-state index is 13.3. The van der Waals surface area contributed by atoms with Gasteiger partial charge in [-0.2, -0.15) is 0 Å². The summed E-state index contributed by atoms with van der Waals surface area (Å²) in [4.78, 5) is 0. The monoisotopic (exact) mass is 271 g/mol. The highest BCUT2D eigenvalue weighted by Gasteiger charge is 2.16. The SMILES string of the molecule is COC(C)(C)CNCC(O)COc1ccccc1F. The average Bonchev–Trinajstić information content (AvgIpc) is 2.37. The van der Waals surface area contributed by atoms with Crippen molar-refractivity contribution < 1.29 is 19.0 Å². The molecule has 0 radical (unpaired) electrons. The first-order valence-electron chi connectivity index (χ1n) is 6.26. The molecule has 1 aromatic carbocycles. The lowest BCUT2D eigenvalue weighted by molar-refractivity contribution is 0.0190. The Kier molecular flexibility index (Phi) is 6.21. The molecule has 2 N–H and O–H groups in total. The van der Waals surface area contributed by atoms with Crippen molar-refractivity contribution in [3.8, 4) is 5.75 Å². The minimum Gasteiger partial charge on any atom is -0.488 e. The number of benzene rings is 1. The van der Waals surface area contributed by atoms with Crippen LogP contribution in [0.25, 0.3) is 0 Å². The van der Waals surface area contributed by atoms with Gasteiger partial charge in [0.1, 0.15) is 12.7 Å². The normalized spacial score (nSPS) is 13.3. The Balaban J connectivity index is 2.25. The fourth-order valence-electron chi connectivity index (χ4n) is 1.42. The van der Waals surface area contributed by atoms with Crippen LogP contribution in [-0.4, -0.2) is 43.6 Å². The molecule has 1 aromatic rings. The molecular formula is C14H22FNO3. The van der Waals surface area contributed by atoms with E-state index in [0.29, 0.717) is 13.1 Å². The van der Waals surface area contributed by atoms with Gasteiger partial charge in [0.05, 0.1) is 5.60 Å². The number of aliphatic hydroxyl groups is 1. The summed E-state index contributed by atoms with van der Waals surface area (Å²) in [6.45, 7) is 4.91. The van der Waals surface area contributed by atoms with Crippen molar-refractivity contribution in [2.24, 2.45) is 0 Å². The third-order valence-corrected chi connectivity index (χ3v) is 2.75. The van der Waals surface area contributed by atoms with Gasteiger partial charge in [-0.1, -0.05) is 12.1 Å². The van der Waals surface area contributed by atoms with Crippen LogP contribution in [0.1, 0.15) is 13.8 Å². The zero-order valence-corrected chi connectivity index (χ0v) is 11.6. The van der Waals surface area contributed by atoms with Gasteiger partial charge in [-0.15, -0.1) is 0 Å². The van der Waals surface area contributed by atoms with Gasteiger partial charge in [0, 0.05) is 20.2 Å². The molecular weight excluding hydrogens is 249 g/mol. The van der Waals surface area contributed by atoms with Gasteiger partial charge in [-0.05, 0) is 26.0 Å². The van der Waals surface area contributed by atoms with Crippen LogP contribution in [0, 0.1) is 5.82 Å². The van der Waals surface area contributed by atoms with Crippen LogP contribution in [0.3, 0.4) is 0 Å². The van der Waals surface area contributed by atoms with E-state index in [0.717, 1.165) is 0 Å². The predicted octanol–water partition coefficient (Wildman–Crippen LogP) is 1.58. The number of nitrogens with one attached hydrogen (secondary N) is 1. The topological polar surface area (TPSA) is 50.7 Å². The molecule has 5 heteroatoms. The lowest BCUT2D eigenvalue weighted by Gasteiger charge is -2.24. The van der Waals surface area contributed by atoms with Crippen molar-refractivity contribution in [3.63, 3.8) is 0 Å². The predicted molar refractivity (Wildman–Crippen MR) is 71.9 cm³/mol. The van der Waals surface area contributed by atoms with Crippen LogP contribution < -0.4 is 10.1 Å². The molecule has 108 valence electrons. The van der Waals surface area contributed by atoms with Gasteiger partial charge in [0.15, 0.2) is 11.6 Å². The van der Waals surface area contributed by atoms with Gasteiger partial charge in [-0.25, -0.2) is 4.39 Å². The molecule has 0 saturated heterocycles. The third kappa shape index (κ3) is 6.00. The van der Waals surface area contributed by atoms with Gasteiger partial charge in [-0.3, -0.25) is 0 Å². The molecule has 0 amide bonds. The zero-order chi connectivity index (χ0) is 14.3. The number of methoxy groups -OCH3 is 1. The number of rotatable bonds is 8.